The van der Waals surface area contributed by atoms with Gasteiger partial charge in [-0.2, -0.15) is 22.0 Å². The van der Waals surface area contributed by atoms with Crippen molar-refractivity contribution in [1.29, 1.82) is 0 Å². The molecular weight excluding hydrogens is 327 g/mol. The van der Waals surface area contributed by atoms with Gasteiger partial charge in [-0.1, -0.05) is 19.3 Å². The minimum atomic E-state index is -5.74. The highest BCUT2D eigenvalue weighted by Gasteiger charge is 2.59. The van der Waals surface area contributed by atoms with Crippen LogP contribution in [0.3, 0.4) is 0 Å². The van der Waals surface area contributed by atoms with E-state index in [4.69, 9.17) is 0 Å². The first-order chi connectivity index (χ1) is 10.5. The van der Waals surface area contributed by atoms with Crippen LogP contribution in [0.15, 0.2) is 12.2 Å². The van der Waals surface area contributed by atoms with E-state index < -0.39 is 42.5 Å². The van der Waals surface area contributed by atoms with Crippen LogP contribution in [0.1, 0.15) is 38.5 Å². The van der Waals surface area contributed by atoms with Gasteiger partial charge in [-0.05, 0) is 24.8 Å². The summed E-state index contributed by atoms with van der Waals surface area (Å²) in [4.78, 5) is 21.6. The molecule has 23 heavy (non-hydrogen) atoms. The van der Waals surface area contributed by atoms with Gasteiger partial charge in [0.15, 0.2) is 0 Å². The number of aliphatic carboxylic acids is 1. The molecule has 0 aromatic rings. The Morgan fingerprint density at radius 3 is 2.13 bits per heavy atom. The fourth-order valence-electron chi connectivity index (χ4n) is 2.50. The number of hydrogen-bond acceptors (Lipinski definition) is 4. The second-order valence-electron chi connectivity index (χ2n) is 5.43. The maximum absolute atomic E-state index is 13.3. The Morgan fingerprint density at radius 2 is 1.65 bits per heavy atom. The molecule has 0 N–H and O–H groups in total. The molecule has 1 fully saturated rings. The van der Waals surface area contributed by atoms with Gasteiger partial charge in [0, 0.05) is 6.08 Å². The highest BCUT2D eigenvalue weighted by Crippen LogP contribution is 2.42. The summed E-state index contributed by atoms with van der Waals surface area (Å²) in [5, 5.41) is 10.2. The van der Waals surface area contributed by atoms with Gasteiger partial charge in [0.1, 0.15) is 6.10 Å². The van der Waals surface area contributed by atoms with Gasteiger partial charge < -0.3 is 14.6 Å². The highest BCUT2D eigenvalue weighted by molar-refractivity contribution is 5.89. The molecule has 1 unspecified atom stereocenters. The number of carboxylic acids is 1. The van der Waals surface area contributed by atoms with Gasteiger partial charge in [-0.15, -0.1) is 0 Å². The molecule has 0 radical (unpaired) electrons. The van der Waals surface area contributed by atoms with E-state index >= 15 is 0 Å². The summed E-state index contributed by atoms with van der Waals surface area (Å²) in [5.41, 5.74) is 0. The molecule has 0 amide bonds. The van der Waals surface area contributed by atoms with E-state index in [1.165, 1.54) is 0 Å². The Labute approximate surface area is 129 Å². The highest BCUT2D eigenvalue weighted by atomic mass is 19.4. The predicted molar refractivity (Wildman–Crippen MR) is 66.2 cm³/mol. The fraction of sp³-hybridized carbons (Fsp3) is 0.714. The standard InChI is InChI=1S/C14H17F5O4/c15-13(16,14(17,18)19)8-10(9-4-2-1-3-5-9)23-12(22)7-6-11(20)21/h6-7,9-10H,1-5,8H2,(H,20,21)/p-1. The lowest BCUT2D eigenvalue weighted by Crippen LogP contribution is -2.43. The van der Waals surface area contributed by atoms with Crippen molar-refractivity contribution in [2.75, 3.05) is 0 Å². The van der Waals surface area contributed by atoms with E-state index in [9.17, 15) is 36.6 Å². The number of alkyl halides is 5. The van der Waals surface area contributed by atoms with E-state index in [-0.39, 0.29) is 0 Å². The summed E-state index contributed by atoms with van der Waals surface area (Å²) < 4.78 is 68.3. The van der Waals surface area contributed by atoms with Gasteiger partial charge in [0.25, 0.3) is 0 Å². The average Bonchev–Trinajstić information content (AvgIpc) is 2.44. The largest absolute Gasteiger partial charge is 0.545 e. The van der Waals surface area contributed by atoms with Crippen LogP contribution in [0.2, 0.25) is 0 Å². The van der Waals surface area contributed by atoms with Gasteiger partial charge in [0.2, 0.25) is 0 Å². The normalized spacial score (nSPS) is 18.8. The first-order valence-electron chi connectivity index (χ1n) is 7.07. The average molecular weight is 343 g/mol. The van der Waals surface area contributed by atoms with E-state index in [1.807, 2.05) is 0 Å². The molecule has 0 aliphatic heterocycles. The van der Waals surface area contributed by atoms with Crippen molar-refractivity contribution < 1.29 is 41.4 Å². The van der Waals surface area contributed by atoms with Gasteiger partial charge in [-0.3, -0.25) is 0 Å². The van der Waals surface area contributed by atoms with Crippen LogP contribution < -0.4 is 5.11 Å². The SMILES string of the molecule is O=C([O-])C=CC(=O)OC(CC(F)(F)C(F)(F)F)C1CCCCC1. The molecule has 1 aliphatic rings. The molecule has 1 atom stereocenters. The minimum Gasteiger partial charge on any atom is -0.545 e. The zero-order valence-electron chi connectivity index (χ0n) is 12.1. The third-order valence-electron chi connectivity index (χ3n) is 3.67. The molecule has 0 aromatic carbocycles. The summed E-state index contributed by atoms with van der Waals surface area (Å²) >= 11 is 0. The first kappa shape index (κ1) is 19.4. The Morgan fingerprint density at radius 1 is 1.09 bits per heavy atom. The summed E-state index contributed by atoms with van der Waals surface area (Å²) in [5.74, 6) is -8.61. The second-order valence-corrected chi connectivity index (χ2v) is 5.43. The van der Waals surface area contributed by atoms with E-state index in [0.717, 1.165) is 6.42 Å². The summed E-state index contributed by atoms with van der Waals surface area (Å²) in [6.45, 7) is 0. The summed E-state index contributed by atoms with van der Waals surface area (Å²) in [6, 6.07) is 0. The zero-order chi connectivity index (χ0) is 17.7. The maximum Gasteiger partial charge on any atom is 0.453 e. The van der Waals surface area contributed by atoms with Crippen molar-refractivity contribution in [3.05, 3.63) is 12.2 Å². The molecule has 132 valence electrons. The Hall–Kier alpha value is -1.67. The number of ether oxygens (including phenoxy) is 1. The Balaban J connectivity index is 2.84. The van der Waals surface area contributed by atoms with Gasteiger partial charge in [0.05, 0.1) is 12.4 Å². The van der Waals surface area contributed by atoms with Crippen LogP contribution >= 0.6 is 0 Å². The topological polar surface area (TPSA) is 66.4 Å². The summed E-state index contributed by atoms with van der Waals surface area (Å²) in [6.07, 6.45) is -5.44. The smallest absolute Gasteiger partial charge is 0.453 e. The number of carbonyl (C=O) groups is 2. The monoisotopic (exact) mass is 343 g/mol. The number of carboxylic acid groups (broad SMARTS) is 1. The maximum atomic E-state index is 13.3. The predicted octanol–water partition coefficient (Wildman–Crippen LogP) is 2.37. The number of hydrogen-bond donors (Lipinski definition) is 0. The zero-order valence-corrected chi connectivity index (χ0v) is 12.1. The molecule has 0 bridgehead atoms. The molecule has 4 nitrogen and oxygen atoms in total. The number of halogens is 5. The quantitative estimate of drug-likeness (QED) is 0.422. The third kappa shape index (κ3) is 6.15. The molecule has 0 heterocycles. The molecule has 0 saturated heterocycles. The van der Waals surface area contributed by atoms with Crippen molar-refractivity contribution in [2.24, 2.45) is 5.92 Å². The fourth-order valence-corrected chi connectivity index (χ4v) is 2.50. The van der Waals surface area contributed by atoms with Crippen LogP contribution in [0.5, 0.6) is 0 Å². The Kier molecular flexibility index (Phi) is 6.52. The van der Waals surface area contributed by atoms with E-state index in [1.54, 1.807) is 0 Å². The van der Waals surface area contributed by atoms with Crippen LogP contribution in [0.25, 0.3) is 0 Å². The van der Waals surface area contributed by atoms with Gasteiger partial charge in [-0.25, -0.2) is 4.79 Å². The van der Waals surface area contributed by atoms with Crippen LogP contribution in [-0.4, -0.2) is 30.1 Å². The van der Waals surface area contributed by atoms with Gasteiger partial charge >= 0.3 is 18.1 Å². The molecule has 0 spiro atoms. The lowest BCUT2D eigenvalue weighted by molar-refractivity contribution is -0.297. The molecule has 0 aromatic heterocycles. The molecular formula is C14H16F5O4-. The van der Waals surface area contributed by atoms with Crippen molar-refractivity contribution in [1.82, 2.24) is 0 Å². The number of esters is 1. The van der Waals surface area contributed by atoms with Crippen molar-refractivity contribution in [3.63, 3.8) is 0 Å². The Bertz CT molecular complexity index is 453. The third-order valence-corrected chi connectivity index (χ3v) is 3.67. The van der Waals surface area contributed by atoms with Crippen molar-refractivity contribution in [3.8, 4) is 0 Å². The van der Waals surface area contributed by atoms with Crippen LogP contribution in [-0.2, 0) is 14.3 Å². The van der Waals surface area contributed by atoms with Crippen molar-refractivity contribution in [2.45, 2.75) is 56.7 Å². The second kappa shape index (κ2) is 7.74. The molecule has 1 aliphatic carbocycles. The van der Waals surface area contributed by atoms with Crippen LogP contribution in [0, 0.1) is 5.92 Å². The van der Waals surface area contributed by atoms with Crippen molar-refractivity contribution >= 4 is 11.9 Å². The summed E-state index contributed by atoms with van der Waals surface area (Å²) in [7, 11) is 0. The molecule has 1 rings (SSSR count). The number of carbonyl (C=O) groups excluding carboxylic acids is 2. The minimum absolute atomic E-state index is 0.322. The lowest BCUT2D eigenvalue weighted by Gasteiger charge is -2.32. The van der Waals surface area contributed by atoms with E-state index in [2.05, 4.69) is 4.74 Å². The first-order valence-corrected chi connectivity index (χ1v) is 7.07. The molecule has 1 saturated carbocycles. The van der Waals surface area contributed by atoms with Crippen LogP contribution in [0.4, 0.5) is 22.0 Å². The number of rotatable bonds is 6. The molecule has 9 heteroatoms. The lowest BCUT2D eigenvalue weighted by atomic mass is 9.83. The van der Waals surface area contributed by atoms with E-state index in [0.29, 0.717) is 37.8 Å².